The van der Waals surface area contributed by atoms with E-state index < -0.39 is 11.7 Å². The molecule has 0 unspecified atom stereocenters. The highest BCUT2D eigenvalue weighted by Crippen LogP contribution is 2.27. The molecule has 6 heteroatoms. The molecule has 3 rings (SSSR count). The van der Waals surface area contributed by atoms with Crippen molar-refractivity contribution in [2.24, 2.45) is 5.92 Å². The van der Waals surface area contributed by atoms with E-state index in [-0.39, 0.29) is 24.1 Å². The van der Waals surface area contributed by atoms with Crippen molar-refractivity contribution in [2.75, 3.05) is 11.9 Å². The second-order valence-electron chi connectivity index (χ2n) is 6.41. The molecule has 1 aliphatic heterocycles. The Morgan fingerprint density at radius 2 is 2.00 bits per heavy atom. The van der Waals surface area contributed by atoms with Gasteiger partial charge in [0.2, 0.25) is 5.91 Å². The number of aryl methyl sites for hydroxylation is 1. The molecule has 1 saturated carbocycles. The number of rotatable bonds is 3. The minimum Gasteiger partial charge on any atom is -0.396 e. The van der Waals surface area contributed by atoms with Crippen LogP contribution >= 0.6 is 0 Å². The number of hydrogen-bond donors (Lipinski definition) is 3. The van der Waals surface area contributed by atoms with Crippen LogP contribution in [0.5, 0.6) is 0 Å². The molecule has 2 amide bonds. The van der Waals surface area contributed by atoms with Crippen LogP contribution < -0.4 is 10.6 Å². The number of carbonyl (C=O) groups is 2. The number of aliphatic hydroxyl groups is 1. The summed E-state index contributed by atoms with van der Waals surface area (Å²) in [4.78, 5) is 23.7. The third-order valence-electron chi connectivity index (χ3n) is 4.77. The van der Waals surface area contributed by atoms with Gasteiger partial charge in [0.25, 0.3) is 5.91 Å². The maximum atomic E-state index is 14.2. The van der Waals surface area contributed by atoms with E-state index in [4.69, 9.17) is 5.11 Å². The van der Waals surface area contributed by atoms with Crippen molar-refractivity contribution >= 4 is 17.5 Å². The molecule has 1 heterocycles. The summed E-state index contributed by atoms with van der Waals surface area (Å²) in [6, 6.07) is 2.79. The Kier molecular flexibility index (Phi) is 4.61. The summed E-state index contributed by atoms with van der Waals surface area (Å²) in [6.45, 7) is 0.186. The van der Waals surface area contributed by atoms with E-state index in [1.165, 1.54) is 6.07 Å². The maximum Gasteiger partial charge on any atom is 0.254 e. The van der Waals surface area contributed by atoms with Crippen LogP contribution in [0.25, 0.3) is 0 Å². The van der Waals surface area contributed by atoms with Crippen molar-refractivity contribution in [1.29, 1.82) is 0 Å². The van der Waals surface area contributed by atoms with E-state index in [1.54, 1.807) is 6.07 Å². The molecule has 0 spiro atoms. The molecule has 0 aromatic heterocycles. The summed E-state index contributed by atoms with van der Waals surface area (Å²) >= 11 is 0. The average Bonchev–Trinajstić information content (AvgIpc) is 2.54. The Bertz CT molecular complexity index is 625. The second-order valence-corrected chi connectivity index (χ2v) is 6.41. The lowest BCUT2D eigenvalue weighted by molar-refractivity contribution is -0.116. The summed E-state index contributed by atoms with van der Waals surface area (Å²) in [5.41, 5.74) is 1.28. The van der Waals surface area contributed by atoms with Crippen LogP contribution in [0.2, 0.25) is 0 Å². The van der Waals surface area contributed by atoms with Gasteiger partial charge in [-0.15, -0.1) is 0 Å². The fourth-order valence-electron chi connectivity index (χ4n) is 3.33. The van der Waals surface area contributed by atoms with Crippen LogP contribution in [0.15, 0.2) is 12.1 Å². The van der Waals surface area contributed by atoms with Gasteiger partial charge in [-0.3, -0.25) is 9.59 Å². The SMILES string of the molecule is O=C1CCc2cc(C(=O)NC3CCC(CO)CC3)c(F)cc2N1. The van der Waals surface area contributed by atoms with Crippen molar-refractivity contribution in [3.05, 3.63) is 29.1 Å². The second kappa shape index (κ2) is 6.66. The first kappa shape index (κ1) is 15.9. The molecule has 124 valence electrons. The quantitative estimate of drug-likeness (QED) is 0.797. The minimum absolute atomic E-state index is 0.0282. The summed E-state index contributed by atoms with van der Waals surface area (Å²) in [6.07, 6.45) is 4.23. The van der Waals surface area contributed by atoms with E-state index in [2.05, 4.69) is 10.6 Å². The van der Waals surface area contributed by atoms with E-state index in [9.17, 15) is 14.0 Å². The number of nitrogens with one attached hydrogen (secondary N) is 2. The van der Waals surface area contributed by atoms with Gasteiger partial charge in [-0.1, -0.05) is 0 Å². The van der Waals surface area contributed by atoms with E-state index >= 15 is 0 Å². The molecular weight excluding hydrogens is 299 g/mol. The number of amides is 2. The van der Waals surface area contributed by atoms with Crippen LogP contribution in [0.3, 0.4) is 0 Å². The van der Waals surface area contributed by atoms with Crippen LogP contribution in [-0.4, -0.2) is 29.6 Å². The molecule has 2 aliphatic rings. The number of halogens is 1. The van der Waals surface area contributed by atoms with Crippen LogP contribution in [0, 0.1) is 11.7 Å². The normalized spacial score (nSPS) is 23.8. The topological polar surface area (TPSA) is 78.4 Å². The zero-order valence-electron chi connectivity index (χ0n) is 12.9. The third kappa shape index (κ3) is 3.52. The zero-order valence-corrected chi connectivity index (χ0v) is 12.9. The van der Waals surface area contributed by atoms with Gasteiger partial charge >= 0.3 is 0 Å². The lowest BCUT2D eigenvalue weighted by Gasteiger charge is -2.28. The van der Waals surface area contributed by atoms with Crippen molar-refractivity contribution < 1.29 is 19.1 Å². The molecule has 3 N–H and O–H groups in total. The summed E-state index contributed by atoms with van der Waals surface area (Å²) < 4.78 is 14.2. The number of hydrogen-bond acceptors (Lipinski definition) is 3. The van der Waals surface area contributed by atoms with E-state index in [1.807, 2.05) is 0 Å². The lowest BCUT2D eigenvalue weighted by Crippen LogP contribution is -2.38. The standard InChI is InChI=1S/C17H21FN2O3/c18-14-8-15-11(3-6-16(22)20-15)7-13(14)17(23)19-12-4-1-10(9-21)2-5-12/h7-8,10,12,21H,1-6,9H2,(H,19,23)(H,20,22). The predicted molar refractivity (Wildman–Crippen MR) is 83.6 cm³/mol. The van der Waals surface area contributed by atoms with Gasteiger partial charge < -0.3 is 15.7 Å². The van der Waals surface area contributed by atoms with E-state index in [0.29, 0.717) is 24.4 Å². The zero-order chi connectivity index (χ0) is 16.4. The van der Waals surface area contributed by atoms with Gasteiger partial charge in [-0.05, 0) is 55.7 Å². The van der Waals surface area contributed by atoms with Gasteiger partial charge in [0.1, 0.15) is 5.82 Å². The lowest BCUT2D eigenvalue weighted by atomic mass is 9.86. The van der Waals surface area contributed by atoms with Crippen molar-refractivity contribution in [1.82, 2.24) is 5.32 Å². The number of anilines is 1. The molecule has 0 atom stereocenters. The number of fused-ring (bicyclic) bond motifs is 1. The molecule has 0 radical (unpaired) electrons. The molecule has 1 aromatic carbocycles. The molecule has 0 bridgehead atoms. The Hall–Kier alpha value is -1.95. The molecule has 1 fully saturated rings. The fourth-order valence-corrected chi connectivity index (χ4v) is 3.33. The third-order valence-corrected chi connectivity index (χ3v) is 4.77. The van der Waals surface area contributed by atoms with Crippen molar-refractivity contribution in [2.45, 2.75) is 44.6 Å². The first-order valence-corrected chi connectivity index (χ1v) is 8.11. The Labute approximate surface area is 134 Å². The molecule has 5 nitrogen and oxygen atoms in total. The highest BCUT2D eigenvalue weighted by atomic mass is 19.1. The Morgan fingerprint density at radius 1 is 1.26 bits per heavy atom. The van der Waals surface area contributed by atoms with Crippen LogP contribution in [-0.2, 0) is 11.2 Å². The van der Waals surface area contributed by atoms with Gasteiger partial charge in [0.15, 0.2) is 0 Å². The molecule has 0 saturated heterocycles. The average molecular weight is 320 g/mol. The fraction of sp³-hybridized carbons (Fsp3) is 0.529. The number of benzene rings is 1. The summed E-state index contributed by atoms with van der Waals surface area (Å²) in [5, 5.41) is 14.7. The minimum atomic E-state index is -0.618. The summed E-state index contributed by atoms with van der Waals surface area (Å²) in [7, 11) is 0. The molecule has 23 heavy (non-hydrogen) atoms. The van der Waals surface area contributed by atoms with Crippen LogP contribution in [0.1, 0.15) is 48.0 Å². The van der Waals surface area contributed by atoms with Gasteiger partial charge in [-0.2, -0.15) is 0 Å². The van der Waals surface area contributed by atoms with Gasteiger partial charge in [0.05, 0.1) is 5.56 Å². The van der Waals surface area contributed by atoms with E-state index in [0.717, 1.165) is 31.2 Å². The number of carbonyl (C=O) groups excluding carboxylic acids is 2. The molecular formula is C17H21FN2O3. The maximum absolute atomic E-state index is 14.2. The van der Waals surface area contributed by atoms with Gasteiger partial charge in [-0.25, -0.2) is 4.39 Å². The number of aliphatic hydroxyl groups excluding tert-OH is 1. The van der Waals surface area contributed by atoms with Gasteiger partial charge in [0, 0.05) is 24.8 Å². The van der Waals surface area contributed by atoms with Crippen molar-refractivity contribution in [3.63, 3.8) is 0 Å². The summed E-state index contributed by atoms with van der Waals surface area (Å²) in [5.74, 6) is -0.843. The first-order chi connectivity index (χ1) is 11.1. The predicted octanol–water partition coefficient (Wildman–Crippen LogP) is 1.99. The first-order valence-electron chi connectivity index (χ1n) is 8.11. The highest BCUT2D eigenvalue weighted by molar-refractivity contribution is 5.98. The Morgan fingerprint density at radius 3 is 2.70 bits per heavy atom. The van der Waals surface area contributed by atoms with Crippen molar-refractivity contribution in [3.8, 4) is 0 Å². The molecule has 1 aliphatic carbocycles. The monoisotopic (exact) mass is 320 g/mol. The van der Waals surface area contributed by atoms with Crippen LogP contribution in [0.4, 0.5) is 10.1 Å². The highest BCUT2D eigenvalue weighted by Gasteiger charge is 2.25. The smallest absolute Gasteiger partial charge is 0.254 e. The largest absolute Gasteiger partial charge is 0.396 e. The Balaban J connectivity index is 1.69. The molecule has 1 aromatic rings.